The number of nitrogens with zero attached hydrogens (tertiary/aromatic N) is 3. The molecule has 2 fully saturated rings. The van der Waals surface area contributed by atoms with Crippen molar-refractivity contribution < 1.29 is 76.4 Å². The van der Waals surface area contributed by atoms with E-state index in [1.54, 1.807) is 57.5 Å². The third-order valence-electron chi connectivity index (χ3n) is 15.2. The SMILES string of the molecule is COc1cc2cc(c1Cl)N(C)C(=O)C[C@H](OC(=O)[C@H](C)N(C)C(=O)CCN(C)C(=O)OCc1ccc(NC(=O)[C@H](CCCNC(N)=O)NC(=O)CNC(=O)CCCCC(C)=O)cc1)[C@]1(C)O[C@H]1[C@H](C)[C@@H]1CC(NC(=O)O1)[C@H](OC)/C=C/C=C(\C)C2. The summed E-state index contributed by atoms with van der Waals surface area (Å²) < 4.78 is 35.2. The first-order valence-electron chi connectivity index (χ1n) is 28.2. The quantitative estimate of drug-likeness (QED) is 0.0349. The van der Waals surface area contributed by atoms with Gasteiger partial charge in [0.2, 0.25) is 29.5 Å². The zero-order chi connectivity index (χ0) is 62.7. The Balaban J connectivity index is 1.18. The van der Waals surface area contributed by atoms with Gasteiger partial charge in [-0.3, -0.25) is 24.0 Å². The molecule has 2 aromatic rings. The summed E-state index contributed by atoms with van der Waals surface area (Å²) in [4.78, 5) is 133. The van der Waals surface area contributed by atoms with E-state index >= 15 is 0 Å². The standard InChI is InChI=1S/C59H82ClN9O16/c1-34-15-13-18-44(80-9)42-30-45(83-57(78)66-42)36(3)53-59(5,85-53)47(31-51(74)69(8)43-28-39(27-34)29-46(81-10)52(43)60)84-55(76)37(4)68(7)50(73)24-26-67(6)58(79)82-33-38-20-22-40(23-21-38)64-54(75)41(17-14-25-62-56(61)77)65-49(72)32-63-48(71)19-12-11-16-35(2)70/h13,15,18,20-23,28-29,36-37,41-42,44-45,47,53H,11-12,14,16-17,19,24-27,30-33H2,1-10H3,(H,63,71)(H,64,75)(H,65,72)(H,66,78)(H3,61,62,77)/b18-13+,34-15+/t36-,37+,41+,42?,44-,45+,47+,53+,59+/m1/s1. The molecule has 3 heterocycles. The van der Waals surface area contributed by atoms with Crippen LogP contribution in [0.3, 0.4) is 0 Å². The molecule has 0 spiro atoms. The first-order valence-corrected chi connectivity index (χ1v) is 28.6. The van der Waals surface area contributed by atoms with E-state index in [1.807, 2.05) is 32.1 Å². The number of alkyl carbamates (subject to hydrolysis) is 1. The minimum atomic E-state index is -1.25. The lowest BCUT2D eigenvalue weighted by atomic mass is 9.84. The van der Waals surface area contributed by atoms with Crippen molar-refractivity contribution in [3.8, 4) is 5.75 Å². The van der Waals surface area contributed by atoms with E-state index < -0.39 is 102 Å². The molecule has 9 amide bonds. The molecule has 26 heteroatoms. The maximum atomic E-state index is 14.4. The summed E-state index contributed by atoms with van der Waals surface area (Å²) in [5.74, 6) is -3.48. The summed E-state index contributed by atoms with van der Waals surface area (Å²) in [7, 11) is 7.44. The largest absolute Gasteiger partial charge is 0.495 e. The van der Waals surface area contributed by atoms with Crippen molar-refractivity contribution in [3.05, 3.63) is 76.3 Å². The fourth-order valence-corrected chi connectivity index (χ4v) is 10.1. The fraction of sp³-hybridized carbons (Fsp3) is 0.559. The van der Waals surface area contributed by atoms with Crippen LogP contribution in [-0.4, -0.2) is 172 Å². The number of anilines is 2. The maximum absolute atomic E-state index is 14.4. The number of nitrogens with one attached hydrogen (secondary N) is 5. The first-order chi connectivity index (χ1) is 40.2. The number of ketones is 1. The molecular weight excluding hydrogens is 1130 g/mol. The average molecular weight is 1210 g/mol. The molecule has 0 aromatic heterocycles. The summed E-state index contributed by atoms with van der Waals surface area (Å²) in [6, 6.07) is 6.48. The van der Waals surface area contributed by atoms with E-state index in [1.165, 1.54) is 49.8 Å². The second-order valence-electron chi connectivity index (χ2n) is 21.8. The van der Waals surface area contributed by atoms with Crippen LogP contribution >= 0.6 is 11.6 Å². The minimum Gasteiger partial charge on any atom is -0.495 e. The number of primary amides is 1. The number of halogens is 1. The predicted octanol–water partition coefficient (Wildman–Crippen LogP) is 4.99. The van der Waals surface area contributed by atoms with Crippen LogP contribution in [0.4, 0.5) is 25.8 Å². The number of rotatable bonds is 24. The third-order valence-corrected chi connectivity index (χ3v) is 15.6. The van der Waals surface area contributed by atoms with Gasteiger partial charge >= 0.3 is 24.2 Å². The Kier molecular flexibility index (Phi) is 25.6. The number of esters is 1. The molecule has 7 N–H and O–H groups in total. The number of carbonyl (C=O) groups excluding carboxylic acids is 10. The van der Waals surface area contributed by atoms with Gasteiger partial charge in [0.15, 0.2) is 0 Å². The number of Topliss-reactive ketones (excluding diaryl/α,β-unsaturated/α-hetero) is 1. The summed E-state index contributed by atoms with van der Waals surface area (Å²) in [5, 5.41) is 13.3. The number of likely N-dealkylation sites (N-methyl/N-ethyl adjacent to an activating group) is 1. The van der Waals surface area contributed by atoms with E-state index in [2.05, 4.69) is 26.6 Å². The molecule has 3 aliphatic rings. The number of ether oxygens (including phenoxy) is 6. The Morgan fingerprint density at radius 3 is 2.35 bits per heavy atom. The van der Waals surface area contributed by atoms with Crippen molar-refractivity contribution in [3.63, 3.8) is 0 Å². The number of hydrogen-bond acceptors (Lipinski definition) is 16. The zero-order valence-corrected chi connectivity index (χ0v) is 50.8. The van der Waals surface area contributed by atoms with E-state index in [0.717, 1.165) is 11.1 Å². The van der Waals surface area contributed by atoms with Gasteiger partial charge in [-0.15, -0.1) is 0 Å². The lowest BCUT2D eigenvalue weighted by Gasteiger charge is -2.36. The first kappa shape index (κ1) is 68.0. The van der Waals surface area contributed by atoms with Gasteiger partial charge in [0.1, 0.15) is 53.1 Å². The molecule has 25 nitrogen and oxygen atoms in total. The molecule has 1 unspecified atom stereocenters. The van der Waals surface area contributed by atoms with E-state index in [4.69, 9.17) is 45.8 Å². The summed E-state index contributed by atoms with van der Waals surface area (Å²) >= 11 is 6.83. The lowest BCUT2D eigenvalue weighted by molar-refractivity contribution is -0.162. The number of fused-ring (bicyclic) bond motifs is 5. The van der Waals surface area contributed by atoms with Crippen molar-refractivity contribution in [2.75, 3.05) is 65.2 Å². The van der Waals surface area contributed by atoms with Gasteiger partial charge in [0.25, 0.3) is 0 Å². The number of epoxide rings is 1. The number of methoxy groups -OCH3 is 2. The molecule has 2 aromatic carbocycles. The van der Waals surface area contributed by atoms with Gasteiger partial charge in [-0.25, -0.2) is 19.2 Å². The highest BCUT2D eigenvalue weighted by Crippen LogP contribution is 2.49. The molecule has 466 valence electrons. The summed E-state index contributed by atoms with van der Waals surface area (Å²) in [5.41, 5.74) is 6.92. The monoisotopic (exact) mass is 1210 g/mol. The van der Waals surface area contributed by atoms with Crippen LogP contribution in [0.5, 0.6) is 5.75 Å². The highest BCUT2D eigenvalue weighted by atomic mass is 35.5. The van der Waals surface area contributed by atoms with Crippen molar-refractivity contribution in [1.82, 2.24) is 31.1 Å². The number of nitrogens with two attached hydrogens (primary N) is 1. The van der Waals surface area contributed by atoms with Gasteiger partial charge in [0, 0.05) is 78.6 Å². The molecule has 4 bridgehead atoms. The Morgan fingerprint density at radius 1 is 0.976 bits per heavy atom. The van der Waals surface area contributed by atoms with Crippen LogP contribution in [0.25, 0.3) is 0 Å². The van der Waals surface area contributed by atoms with Crippen LogP contribution in [0.15, 0.2) is 60.2 Å². The maximum Gasteiger partial charge on any atom is 0.409 e. The van der Waals surface area contributed by atoms with E-state index in [-0.39, 0.29) is 75.1 Å². The number of amides is 9. The number of urea groups is 1. The second kappa shape index (κ2) is 31.9. The number of allylic oxidation sites excluding steroid dienone is 3. The summed E-state index contributed by atoms with van der Waals surface area (Å²) in [6.07, 6.45) is 3.39. The number of carbonyl (C=O) groups is 10. The molecule has 9 atom stereocenters. The predicted molar refractivity (Wildman–Crippen MR) is 313 cm³/mol. The van der Waals surface area contributed by atoms with Gasteiger partial charge < -0.3 is 80.2 Å². The van der Waals surface area contributed by atoms with Crippen LogP contribution in [0.2, 0.25) is 5.02 Å². The average Bonchev–Trinajstić information content (AvgIpc) is 1.97. The van der Waals surface area contributed by atoms with Crippen LogP contribution in [0, 0.1) is 5.92 Å². The fourth-order valence-electron chi connectivity index (χ4n) is 9.82. The highest BCUT2D eigenvalue weighted by molar-refractivity contribution is 6.35. The zero-order valence-electron chi connectivity index (χ0n) is 50.0. The van der Waals surface area contributed by atoms with Gasteiger partial charge in [-0.05, 0) is 95.2 Å². The molecule has 3 aliphatic heterocycles. The van der Waals surface area contributed by atoms with Crippen LogP contribution in [-0.2, 0) is 70.3 Å². The summed E-state index contributed by atoms with van der Waals surface area (Å²) in [6.45, 7) is 7.95. The normalized spacial score (nSPS) is 22.9. The Morgan fingerprint density at radius 2 is 1.68 bits per heavy atom. The molecule has 0 radical (unpaired) electrons. The lowest BCUT2D eigenvalue weighted by Crippen LogP contribution is -2.53. The van der Waals surface area contributed by atoms with Crippen molar-refractivity contribution in [2.45, 2.75) is 154 Å². The number of hydrogen-bond donors (Lipinski definition) is 6. The molecule has 0 saturated carbocycles. The van der Waals surface area contributed by atoms with E-state index in [0.29, 0.717) is 54.8 Å². The highest BCUT2D eigenvalue weighted by Gasteiger charge is 2.64. The third kappa shape index (κ3) is 20.2. The van der Waals surface area contributed by atoms with Crippen LogP contribution < -0.4 is 42.0 Å². The molecule has 5 rings (SSSR count). The Bertz CT molecular complexity index is 2820. The van der Waals surface area contributed by atoms with Crippen molar-refractivity contribution in [2.24, 2.45) is 11.7 Å². The molecular formula is C59H82ClN9O16. The van der Waals surface area contributed by atoms with E-state index in [9.17, 15) is 47.9 Å². The minimum absolute atomic E-state index is 0.0211. The number of benzene rings is 2. The second-order valence-corrected chi connectivity index (χ2v) is 22.2. The molecule has 0 aliphatic carbocycles. The topological polar surface area (TPSA) is 325 Å². The number of unbranched alkanes of at least 4 members (excludes halogenated alkanes) is 1. The van der Waals surface area contributed by atoms with Gasteiger partial charge in [-0.2, -0.15) is 0 Å². The Hall–Kier alpha value is -7.77. The molecule has 2 saturated heterocycles. The van der Waals surface area contributed by atoms with Crippen molar-refractivity contribution in [1.29, 1.82) is 0 Å². The molecule has 85 heavy (non-hydrogen) atoms. The van der Waals surface area contributed by atoms with Gasteiger partial charge in [-0.1, -0.05) is 54.5 Å². The van der Waals surface area contributed by atoms with Crippen LogP contribution in [0.1, 0.15) is 104 Å². The van der Waals surface area contributed by atoms with Gasteiger partial charge in [0.05, 0.1) is 44.0 Å². The van der Waals surface area contributed by atoms with Crippen molar-refractivity contribution >= 4 is 82.5 Å². The smallest absolute Gasteiger partial charge is 0.409 e. The Labute approximate surface area is 500 Å².